The van der Waals surface area contributed by atoms with E-state index < -0.39 is 23.5 Å². The summed E-state index contributed by atoms with van der Waals surface area (Å²) in [6.07, 6.45) is 1.24. The number of Topliss-reactive ketones (excluding diaryl/α,β-unsaturated/α-hetero) is 1. The molecule has 1 aromatic heterocycles. The third-order valence-corrected chi connectivity index (χ3v) is 6.97. The Hall–Kier alpha value is -2.49. The lowest BCUT2D eigenvalue weighted by Gasteiger charge is -2.37. The van der Waals surface area contributed by atoms with Crippen LogP contribution in [0, 0.1) is 6.92 Å². The smallest absolute Gasteiger partial charge is 0.321 e. The Kier molecular flexibility index (Phi) is 6.44. The largest absolute Gasteiger partial charge is 0.322 e. The first-order valence-corrected chi connectivity index (χ1v) is 10.7. The molecule has 0 aliphatic carbocycles. The highest BCUT2D eigenvalue weighted by Crippen LogP contribution is 2.35. The molecule has 2 atom stereocenters. The minimum Gasteiger partial charge on any atom is -0.321 e. The number of ketones is 1. The van der Waals surface area contributed by atoms with Crippen molar-refractivity contribution in [2.75, 3.05) is 0 Å². The zero-order chi connectivity index (χ0) is 22.1. The molecular weight excluding hydrogens is 430 g/mol. The number of carbonyl (C=O) groups excluding carboxylic acids is 4. The van der Waals surface area contributed by atoms with Gasteiger partial charge in [0.15, 0.2) is 5.78 Å². The topological polar surface area (TPSA) is 116 Å². The van der Waals surface area contributed by atoms with Crippen molar-refractivity contribution >= 4 is 57.2 Å². The molecule has 30 heavy (non-hydrogen) atoms. The average molecular weight is 452 g/mol. The van der Waals surface area contributed by atoms with E-state index in [-0.39, 0.29) is 25.0 Å². The molecule has 10 heteroatoms. The molecular formula is C20H22ClN3O5S. The van der Waals surface area contributed by atoms with Crippen molar-refractivity contribution in [2.45, 2.75) is 51.1 Å². The first kappa shape index (κ1) is 22.2. The third-order valence-electron chi connectivity index (χ3n) is 5.42. The third kappa shape index (κ3) is 3.92. The van der Waals surface area contributed by atoms with E-state index in [1.54, 1.807) is 19.1 Å². The summed E-state index contributed by atoms with van der Waals surface area (Å²) in [6, 6.07) is 3.35. The van der Waals surface area contributed by atoms with Gasteiger partial charge in [0.1, 0.15) is 5.54 Å². The van der Waals surface area contributed by atoms with E-state index in [0.717, 1.165) is 15.6 Å². The predicted octanol–water partition coefficient (Wildman–Crippen LogP) is 3.42. The summed E-state index contributed by atoms with van der Waals surface area (Å²) in [5, 5.41) is 16.7. The number of nitrogens with one attached hydrogen (secondary N) is 2. The average Bonchev–Trinajstić information content (AvgIpc) is 3.19. The quantitative estimate of drug-likeness (QED) is 0.177. The van der Waals surface area contributed by atoms with Crippen LogP contribution >= 0.6 is 22.9 Å². The summed E-state index contributed by atoms with van der Waals surface area (Å²) in [6.45, 7) is 3.70. The van der Waals surface area contributed by atoms with Crippen LogP contribution in [0.2, 0.25) is 5.02 Å². The van der Waals surface area contributed by atoms with Crippen LogP contribution in [0.5, 0.6) is 0 Å². The lowest BCUT2D eigenvalue weighted by molar-refractivity contribution is -0.169. The van der Waals surface area contributed by atoms with Gasteiger partial charge in [-0.2, -0.15) is 0 Å². The van der Waals surface area contributed by atoms with Crippen LogP contribution in [0.4, 0.5) is 4.79 Å². The van der Waals surface area contributed by atoms with Crippen LogP contribution < -0.4 is 10.6 Å². The molecule has 1 aromatic carbocycles. The molecule has 1 fully saturated rings. The standard InChI is InChI=1S/C20H22ClN3O5S/c1-3-4-7-20(18(27)22-19(28)23-20)16(24(29)10-25)9-14(26)17-11(2)13-8-12(21)5-6-15(13)30-17/h5-6,8,10,16,29H,3-4,7,9H2,1-2H3,(H2,22,23,27,28)/t16-,20?/m0/s1. The van der Waals surface area contributed by atoms with E-state index in [9.17, 15) is 24.4 Å². The molecule has 8 nitrogen and oxygen atoms in total. The van der Waals surface area contributed by atoms with Crippen molar-refractivity contribution in [3.05, 3.63) is 33.7 Å². The molecule has 4 amide bonds. The molecule has 0 bridgehead atoms. The number of halogens is 1. The van der Waals surface area contributed by atoms with Crippen molar-refractivity contribution in [1.29, 1.82) is 0 Å². The first-order chi connectivity index (χ1) is 14.2. The highest BCUT2D eigenvalue weighted by molar-refractivity contribution is 7.21. The number of amides is 4. The zero-order valence-corrected chi connectivity index (χ0v) is 18.1. The molecule has 160 valence electrons. The van der Waals surface area contributed by atoms with Crippen LogP contribution in [0.15, 0.2) is 18.2 Å². The maximum atomic E-state index is 13.2. The van der Waals surface area contributed by atoms with E-state index >= 15 is 0 Å². The number of thiophene rings is 1. The van der Waals surface area contributed by atoms with Gasteiger partial charge in [-0.25, -0.2) is 9.86 Å². The Morgan fingerprint density at radius 2 is 2.13 bits per heavy atom. The number of nitrogens with zero attached hydrogens (tertiary/aromatic N) is 1. The molecule has 1 unspecified atom stereocenters. The molecule has 1 aliphatic rings. The number of aryl methyl sites for hydroxylation is 1. The van der Waals surface area contributed by atoms with Gasteiger partial charge in [0.05, 0.1) is 10.9 Å². The monoisotopic (exact) mass is 451 g/mol. The van der Waals surface area contributed by atoms with Crippen LogP contribution in [0.3, 0.4) is 0 Å². The molecule has 2 heterocycles. The summed E-state index contributed by atoms with van der Waals surface area (Å²) < 4.78 is 0.876. The zero-order valence-electron chi connectivity index (χ0n) is 16.5. The lowest BCUT2D eigenvalue weighted by atomic mass is 9.81. The Morgan fingerprint density at radius 1 is 1.40 bits per heavy atom. The van der Waals surface area contributed by atoms with E-state index in [0.29, 0.717) is 27.8 Å². The summed E-state index contributed by atoms with van der Waals surface area (Å²) in [5.74, 6) is -1.01. The number of carbonyl (C=O) groups is 4. The normalized spacial score (nSPS) is 19.5. The second-order valence-electron chi connectivity index (χ2n) is 7.31. The van der Waals surface area contributed by atoms with Crippen LogP contribution in [0.25, 0.3) is 10.1 Å². The summed E-state index contributed by atoms with van der Waals surface area (Å²) >= 11 is 7.34. The summed E-state index contributed by atoms with van der Waals surface area (Å²) in [4.78, 5) is 49.6. The number of urea groups is 1. The number of benzene rings is 1. The number of hydrogen-bond donors (Lipinski definition) is 3. The van der Waals surface area contributed by atoms with Crippen LogP contribution in [-0.4, -0.2) is 46.0 Å². The van der Waals surface area contributed by atoms with Gasteiger partial charge in [-0.05, 0) is 42.5 Å². The highest BCUT2D eigenvalue weighted by atomic mass is 35.5. The number of rotatable bonds is 9. The Morgan fingerprint density at radius 3 is 2.73 bits per heavy atom. The van der Waals surface area contributed by atoms with Gasteiger partial charge in [-0.15, -0.1) is 11.3 Å². The van der Waals surface area contributed by atoms with Crippen molar-refractivity contribution < 1.29 is 24.4 Å². The van der Waals surface area contributed by atoms with Crippen molar-refractivity contribution in [3.63, 3.8) is 0 Å². The minimum absolute atomic E-state index is 0.140. The highest BCUT2D eigenvalue weighted by Gasteiger charge is 2.54. The first-order valence-electron chi connectivity index (χ1n) is 9.51. The Bertz CT molecular complexity index is 1020. The fourth-order valence-electron chi connectivity index (χ4n) is 3.83. The van der Waals surface area contributed by atoms with Gasteiger partial charge in [-0.3, -0.25) is 24.9 Å². The van der Waals surface area contributed by atoms with E-state index in [4.69, 9.17) is 11.6 Å². The fraction of sp³-hybridized carbons (Fsp3) is 0.400. The Labute approximate surface area is 182 Å². The second-order valence-corrected chi connectivity index (χ2v) is 8.80. The molecule has 0 saturated carbocycles. The molecule has 0 spiro atoms. The second kappa shape index (κ2) is 8.71. The molecule has 3 rings (SSSR count). The van der Waals surface area contributed by atoms with Crippen LogP contribution in [0.1, 0.15) is 47.8 Å². The van der Waals surface area contributed by atoms with E-state index in [1.807, 2.05) is 13.0 Å². The number of hydrogen-bond acceptors (Lipinski definition) is 6. The summed E-state index contributed by atoms with van der Waals surface area (Å²) in [5.41, 5.74) is -0.855. The number of imide groups is 1. The predicted molar refractivity (Wildman–Crippen MR) is 113 cm³/mol. The van der Waals surface area contributed by atoms with Gasteiger partial charge in [0, 0.05) is 16.1 Å². The minimum atomic E-state index is -1.59. The lowest BCUT2D eigenvalue weighted by Crippen LogP contribution is -2.62. The molecule has 1 saturated heterocycles. The van der Waals surface area contributed by atoms with Gasteiger partial charge in [0.25, 0.3) is 5.91 Å². The number of unbranched alkanes of at least 4 members (excludes halogenated alkanes) is 1. The summed E-state index contributed by atoms with van der Waals surface area (Å²) in [7, 11) is 0. The van der Waals surface area contributed by atoms with Gasteiger partial charge in [0.2, 0.25) is 6.41 Å². The molecule has 3 N–H and O–H groups in total. The maximum absolute atomic E-state index is 13.2. The Balaban J connectivity index is 1.99. The molecule has 2 aromatic rings. The number of hydroxylamine groups is 2. The fourth-order valence-corrected chi connectivity index (χ4v) is 5.14. The molecule has 0 radical (unpaired) electrons. The van der Waals surface area contributed by atoms with Crippen molar-refractivity contribution in [3.8, 4) is 0 Å². The van der Waals surface area contributed by atoms with Crippen LogP contribution in [-0.2, 0) is 9.59 Å². The van der Waals surface area contributed by atoms with E-state index in [2.05, 4.69) is 10.6 Å². The SMILES string of the molecule is CCCCC1([C@H](CC(=O)c2sc3ccc(Cl)cc3c2C)N(O)C=O)NC(=O)NC1=O. The maximum Gasteiger partial charge on any atom is 0.322 e. The van der Waals surface area contributed by atoms with Crippen molar-refractivity contribution in [2.24, 2.45) is 0 Å². The van der Waals surface area contributed by atoms with Gasteiger partial charge < -0.3 is 5.32 Å². The van der Waals surface area contributed by atoms with Crippen molar-refractivity contribution in [1.82, 2.24) is 15.7 Å². The van der Waals surface area contributed by atoms with E-state index in [1.165, 1.54) is 11.3 Å². The molecule has 1 aliphatic heterocycles. The van der Waals surface area contributed by atoms with Gasteiger partial charge >= 0.3 is 6.03 Å². The number of fused-ring (bicyclic) bond motifs is 1. The van der Waals surface area contributed by atoms with Gasteiger partial charge in [-0.1, -0.05) is 31.4 Å².